The first kappa shape index (κ1) is 15.8. The third-order valence-electron chi connectivity index (χ3n) is 1.02. The number of rotatable bonds is 6. The molecule has 14 heavy (non-hydrogen) atoms. The quantitative estimate of drug-likeness (QED) is 0.417. The maximum atomic E-state index is 10.1. The van der Waals surface area contributed by atoms with Gasteiger partial charge in [-0.15, -0.1) is 24.2 Å². The van der Waals surface area contributed by atoms with Crippen LogP contribution in [0.15, 0.2) is 0 Å². The van der Waals surface area contributed by atoms with E-state index in [1.807, 2.05) is 6.92 Å². The van der Waals surface area contributed by atoms with E-state index in [0.29, 0.717) is 18.1 Å². The van der Waals surface area contributed by atoms with Gasteiger partial charge in [0.15, 0.2) is 5.90 Å². The highest BCUT2D eigenvalue weighted by atomic mass is 35.5. The minimum atomic E-state index is -0.763. The summed E-state index contributed by atoms with van der Waals surface area (Å²) in [5, 5.41) is 7.23. The second-order valence-corrected chi connectivity index (χ2v) is 3.18. The van der Waals surface area contributed by atoms with Gasteiger partial charge in [-0.25, -0.2) is 4.79 Å². The largest absolute Gasteiger partial charge is 0.481 e. The van der Waals surface area contributed by atoms with Crippen molar-refractivity contribution in [1.29, 1.82) is 5.41 Å². The van der Waals surface area contributed by atoms with Crippen molar-refractivity contribution in [3.05, 3.63) is 0 Å². The molecule has 0 radical (unpaired) electrons. The van der Waals surface area contributed by atoms with E-state index in [0.717, 1.165) is 0 Å². The van der Waals surface area contributed by atoms with Crippen LogP contribution in [0, 0.1) is 5.41 Å². The molecule has 5 nitrogen and oxygen atoms in total. The summed E-state index contributed by atoms with van der Waals surface area (Å²) in [7, 11) is 0. The summed E-state index contributed by atoms with van der Waals surface area (Å²) in [6.07, 6.45) is -0.763. The molecule has 0 saturated heterocycles. The highest BCUT2D eigenvalue weighted by molar-refractivity contribution is 7.99. The molecule has 0 bridgehead atoms. The number of nitrogens with two attached hydrogens (primary N) is 1. The van der Waals surface area contributed by atoms with Crippen LogP contribution in [-0.4, -0.2) is 36.7 Å². The molecular weight excluding hydrogens is 228 g/mol. The van der Waals surface area contributed by atoms with Gasteiger partial charge < -0.3 is 15.2 Å². The van der Waals surface area contributed by atoms with E-state index >= 15 is 0 Å². The molecule has 84 valence electrons. The Morgan fingerprint density at radius 3 is 2.64 bits per heavy atom. The van der Waals surface area contributed by atoms with E-state index in [2.05, 4.69) is 4.74 Å². The fraction of sp³-hybridized carbons (Fsp3) is 0.714. The van der Waals surface area contributed by atoms with Crippen LogP contribution in [-0.2, 0) is 9.47 Å². The monoisotopic (exact) mass is 242 g/mol. The summed E-state index contributed by atoms with van der Waals surface area (Å²) in [5.41, 5.74) is 4.74. The van der Waals surface area contributed by atoms with Gasteiger partial charge >= 0.3 is 6.09 Å². The molecule has 0 rings (SSSR count). The molecule has 0 unspecified atom stereocenters. The van der Waals surface area contributed by atoms with Crippen molar-refractivity contribution < 1.29 is 14.3 Å². The Bertz CT molecular complexity index is 180. The zero-order chi connectivity index (χ0) is 10.1. The molecule has 0 aromatic carbocycles. The van der Waals surface area contributed by atoms with Crippen molar-refractivity contribution in [2.45, 2.75) is 6.92 Å². The first-order valence-electron chi connectivity index (χ1n) is 3.87. The Kier molecular flexibility index (Phi) is 11.8. The number of thioether (sulfide) groups is 1. The van der Waals surface area contributed by atoms with Crippen molar-refractivity contribution in [3.63, 3.8) is 0 Å². The van der Waals surface area contributed by atoms with Crippen molar-refractivity contribution >= 4 is 36.2 Å². The van der Waals surface area contributed by atoms with Gasteiger partial charge in [-0.05, 0) is 6.92 Å². The number of ether oxygens (including phenoxy) is 2. The van der Waals surface area contributed by atoms with E-state index in [9.17, 15) is 4.79 Å². The molecule has 7 heteroatoms. The van der Waals surface area contributed by atoms with Crippen LogP contribution in [0.3, 0.4) is 0 Å². The van der Waals surface area contributed by atoms with Crippen molar-refractivity contribution in [2.75, 3.05) is 24.7 Å². The Labute approximate surface area is 93.6 Å². The SMILES string of the molecule is CCOC(=N)CSCCOC(N)=O.Cl. The molecule has 0 heterocycles. The number of nitrogens with one attached hydrogen (secondary N) is 1. The maximum Gasteiger partial charge on any atom is 0.404 e. The lowest BCUT2D eigenvalue weighted by Gasteiger charge is -2.04. The third-order valence-corrected chi connectivity index (χ3v) is 1.95. The Hall–Kier alpha value is -0.620. The van der Waals surface area contributed by atoms with Gasteiger partial charge in [0.2, 0.25) is 0 Å². The molecule has 0 spiro atoms. The van der Waals surface area contributed by atoms with Crippen LogP contribution in [0.4, 0.5) is 4.79 Å². The van der Waals surface area contributed by atoms with E-state index in [1.165, 1.54) is 11.8 Å². The highest BCUT2D eigenvalue weighted by Gasteiger charge is 1.98. The number of carbonyl (C=O) groups excluding carboxylic acids is 1. The number of halogens is 1. The second kappa shape index (κ2) is 10.5. The molecule has 0 fully saturated rings. The standard InChI is InChI=1S/C7H14N2O3S.ClH/c1-2-11-6(8)5-13-4-3-12-7(9)10;/h8H,2-5H2,1H3,(H2,9,10);1H. The number of hydrogen-bond donors (Lipinski definition) is 2. The smallest absolute Gasteiger partial charge is 0.404 e. The van der Waals surface area contributed by atoms with Crippen LogP contribution >= 0.6 is 24.2 Å². The van der Waals surface area contributed by atoms with Gasteiger partial charge in [0, 0.05) is 5.75 Å². The van der Waals surface area contributed by atoms with Gasteiger partial charge in [0.25, 0.3) is 0 Å². The average Bonchev–Trinajstić information content (AvgIpc) is 2.03. The van der Waals surface area contributed by atoms with Crippen LogP contribution < -0.4 is 5.73 Å². The fourth-order valence-corrected chi connectivity index (χ4v) is 1.20. The minimum Gasteiger partial charge on any atom is -0.481 e. The Morgan fingerprint density at radius 1 is 1.50 bits per heavy atom. The molecule has 1 amide bonds. The molecule has 3 N–H and O–H groups in total. The molecule has 0 atom stereocenters. The lowest BCUT2D eigenvalue weighted by molar-refractivity contribution is 0.164. The van der Waals surface area contributed by atoms with Crippen LogP contribution in [0.5, 0.6) is 0 Å². The molecular formula is C7H15ClN2O3S. The van der Waals surface area contributed by atoms with E-state index in [4.69, 9.17) is 15.9 Å². The van der Waals surface area contributed by atoms with Crippen molar-refractivity contribution in [2.24, 2.45) is 5.73 Å². The van der Waals surface area contributed by atoms with Crippen molar-refractivity contribution in [1.82, 2.24) is 0 Å². The van der Waals surface area contributed by atoms with Crippen LogP contribution in [0.1, 0.15) is 6.92 Å². The highest BCUT2D eigenvalue weighted by Crippen LogP contribution is 2.00. The summed E-state index contributed by atoms with van der Waals surface area (Å²) < 4.78 is 9.39. The van der Waals surface area contributed by atoms with E-state index in [1.54, 1.807) is 0 Å². The summed E-state index contributed by atoms with van der Waals surface area (Å²) in [6.45, 7) is 2.62. The van der Waals surface area contributed by atoms with Crippen LogP contribution in [0.2, 0.25) is 0 Å². The number of carbonyl (C=O) groups is 1. The lowest BCUT2D eigenvalue weighted by Crippen LogP contribution is -2.15. The minimum absolute atomic E-state index is 0. The van der Waals surface area contributed by atoms with Crippen LogP contribution in [0.25, 0.3) is 0 Å². The van der Waals surface area contributed by atoms with Crippen molar-refractivity contribution in [3.8, 4) is 0 Å². The summed E-state index contributed by atoms with van der Waals surface area (Å²) in [5.74, 6) is 1.36. The topological polar surface area (TPSA) is 85.4 Å². The zero-order valence-corrected chi connectivity index (χ0v) is 9.58. The zero-order valence-electron chi connectivity index (χ0n) is 7.95. The first-order chi connectivity index (χ1) is 6.16. The first-order valence-corrected chi connectivity index (χ1v) is 5.02. The Balaban J connectivity index is 0. The van der Waals surface area contributed by atoms with Gasteiger partial charge in [-0.2, -0.15) is 0 Å². The van der Waals surface area contributed by atoms with Gasteiger partial charge in [0.05, 0.1) is 12.4 Å². The molecule has 0 aliphatic heterocycles. The molecule has 0 saturated carbocycles. The summed E-state index contributed by atoms with van der Waals surface area (Å²) in [6, 6.07) is 0. The normalized spacial score (nSPS) is 8.64. The summed E-state index contributed by atoms with van der Waals surface area (Å²) >= 11 is 1.46. The molecule has 0 aliphatic carbocycles. The molecule has 0 aromatic heterocycles. The predicted molar refractivity (Wildman–Crippen MR) is 59.5 cm³/mol. The van der Waals surface area contributed by atoms with E-state index < -0.39 is 6.09 Å². The number of primary amides is 1. The number of hydrogen-bond acceptors (Lipinski definition) is 5. The molecule has 0 aromatic rings. The maximum absolute atomic E-state index is 10.1. The second-order valence-electron chi connectivity index (χ2n) is 2.08. The van der Waals surface area contributed by atoms with Gasteiger partial charge in [0.1, 0.15) is 6.61 Å². The lowest BCUT2D eigenvalue weighted by atomic mass is 10.7. The fourth-order valence-electron chi connectivity index (χ4n) is 0.582. The van der Waals surface area contributed by atoms with Gasteiger partial charge in [-0.1, -0.05) is 0 Å². The third kappa shape index (κ3) is 11.4. The van der Waals surface area contributed by atoms with E-state index in [-0.39, 0.29) is 24.9 Å². The molecule has 0 aliphatic rings. The summed E-state index contributed by atoms with van der Waals surface area (Å²) in [4.78, 5) is 10.1. The van der Waals surface area contributed by atoms with Gasteiger partial charge in [-0.3, -0.25) is 5.41 Å². The number of amides is 1. The Morgan fingerprint density at radius 2 is 2.14 bits per heavy atom. The predicted octanol–water partition coefficient (Wildman–Crippen LogP) is 1.25. The average molecular weight is 243 g/mol.